The van der Waals surface area contributed by atoms with E-state index in [1.807, 2.05) is 36.4 Å². The molecule has 35 heavy (non-hydrogen) atoms. The lowest BCUT2D eigenvalue weighted by molar-refractivity contribution is 0.0695. The van der Waals surface area contributed by atoms with E-state index in [1.54, 1.807) is 17.9 Å². The molecular formula is C28H34N4O3. The summed E-state index contributed by atoms with van der Waals surface area (Å²) in [5.41, 5.74) is 10.3. The number of rotatable bonds is 10. The van der Waals surface area contributed by atoms with Gasteiger partial charge < -0.3 is 20.9 Å². The van der Waals surface area contributed by atoms with Crippen molar-refractivity contribution in [1.82, 2.24) is 15.1 Å². The lowest BCUT2D eigenvalue weighted by atomic mass is 9.90. The van der Waals surface area contributed by atoms with Gasteiger partial charge in [-0.2, -0.15) is 5.10 Å². The Bertz CT molecular complexity index is 1180. The maximum absolute atomic E-state index is 11.8. The van der Waals surface area contributed by atoms with E-state index in [4.69, 9.17) is 10.5 Å². The van der Waals surface area contributed by atoms with Crippen LogP contribution in [0, 0.1) is 5.92 Å². The SMILES string of the molecule is CN/C=C(\N)CCc1c(C(=O)O)cnn1-c1cccc(-c2cccc(OCC3CCCCC3)c2)c1. The highest BCUT2D eigenvalue weighted by Crippen LogP contribution is 2.29. The number of benzene rings is 2. The number of nitrogens with one attached hydrogen (secondary N) is 1. The van der Waals surface area contributed by atoms with Gasteiger partial charge in [0.15, 0.2) is 0 Å². The zero-order chi connectivity index (χ0) is 24.6. The largest absolute Gasteiger partial charge is 0.493 e. The monoisotopic (exact) mass is 474 g/mol. The van der Waals surface area contributed by atoms with Gasteiger partial charge in [-0.1, -0.05) is 43.5 Å². The molecular weight excluding hydrogens is 440 g/mol. The molecule has 0 amide bonds. The van der Waals surface area contributed by atoms with E-state index in [-0.39, 0.29) is 5.56 Å². The van der Waals surface area contributed by atoms with Crippen LogP contribution in [0.2, 0.25) is 0 Å². The zero-order valence-corrected chi connectivity index (χ0v) is 20.2. The van der Waals surface area contributed by atoms with Gasteiger partial charge in [-0.15, -0.1) is 0 Å². The van der Waals surface area contributed by atoms with Crippen LogP contribution in [0.1, 0.15) is 54.6 Å². The average molecular weight is 475 g/mol. The molecule has 0 radical (unpaired) electrons. The highest BCUT2D eigenvalue weighted by atomic mass is 16.5. The van der Waals surface area contributed by atoms with Crippen LogP contribution >= 0.6 is 0 Å². The lowest BCUT2D eigenvalue weighted by Gasteiger charge is -2.21. The van der Waals surface area contributed by atoms with Crippen LogP contribution < -0.4 is 15.8 Å². The van der Waals surface area contributed by atoms with E-state index < -0.39 is 5.97 Å². The fraction of sp³-hybridized carbons (Fsp3) is 0.357. The summed E-state index contributed by atoms with van der Waals surface area (Å²) in [6.45, 7) is 0.767. The first-order valence-corrected chi connectivity index (χ1v) is 12.3. The molecule has 3 aromatic rings. The van der Waals surface area contributed by atoms with Gasteiger partial charge in [-0.25, -0.2) is 9.48 Å². The number of nitrogens with zero attached hydrogens (tertiary/aromatic N) is 2. The predicted molar refractivity (Wildman–Crippen MR) is 138 cm³/mol. The maximum atomic E-state index is 11.8. The Kier molecular flexibility index (Phi) is 8.08. The smallest absolute Gasteiger partial charge is 0.339 e. The number of aromatic nitrogens is 2. The molecule has 7 nitrogen and oxygen atoms in total. The van der Waals surface area contributed by atoms with Crippen molar-refractivity contribution < 1.29 is 14.6 Å². The van der Waals surface area contributed by atoms with E-state index in [0.29, 0.717) is 30.2 Å². The molecule has 1 aliphatic carbocycles. The first-order valence-electron chi connectivity index (χ1n) is 12.3. The molecule has 4 rings (SSSR count). The summed E-state index contributed by atoms with van der Waals surface area (Å²) in [6.07, 6.45) is 10.6. The van der Waals surface area contributed by atoms with Crippen molar-refractivity contribution in [3.05, 3.63) is 77.9 Å². The van der Waals surface area contributed by atoms with E-state index in [9.17, 15) is 9.90 Å². The average Bonchev–Trinajstić information content (AvgIpc) is 3.32. The lowest BCUT2D eigenvalue weighted by Crippen LogP contribution is -2.15. The van der Waals surface area contributed by atoms with Crippen LogP contribution in [-0.2, 0) is 6.42 Å². The molecule has 0 unspecified atom stereocenters. The molecule has 0 spiro atoms. The molecule has 0 saturated heterocycles. The number of aromatic carboxylic acids is 1. The van der Waals surface area contributed by atoms with Crippen LogP contribution in [0.5, 0.6) is 5.75 Å². The predicted octanol–water partition coefficient (Wildman–Crippen LogP) is 5.15. The number of carboxylic acid groups (broad SMARTS) is 1. The van der Waals surface area contributed by atoms with Crippen molar-refractivity contribution in [3.63, 3.8) is 0 Å². The molecule has 184 valence electrons. The fourth-order valence-corrected chi connectivity index (χ4v) is 4.69. The summed E-state index contributed by atoms with van der Waals surface area (Å²) >= 11 is 0. The molecule has 7 heteroatoms. The quantitative estimate of drug-likeness (QED) is 0.376. The number of allylic oxidation sites excluding steroid dienone is 1. The van der Waals surface area contributed by atoms with E-state index in [1.165, 1.54) is 38.3 Å². The number of carboxylic acids is 1. The number of hydrogen-bond acceptors (Lipinski definition) is 5. The minimum absolute atomic E-state index is 0.186. The third-order valence-corrected chi connectivity index (χ3v) is 6.55. The standard InChI is InChI=1S/C28H34N4O3/c1-30-17-23(29)13-14-27-26(28(33)34)18-31-32(27)24-11-5-9-21(15-24)22-10-6-12-25(16-22)35-19-20-7-3-2-4-8-20/h5-6,9-12,15-18,20,30H,2-4,7-8,13-14,19,29H2,1H3,(H,33,34)/b23-17-. The second-order valence-electron chi connectivity index (χ2n) is 9.12. The topological polar surface area (TPSA) is 102 Å². The summed E-state index contributed by atoms with van der Waals surface area (Å²) in [5, 5.41) is 17.0. The van der Waals surface area contributed by atoms with Crippen molar-refractivity contribution in [3.8, 4) is 22.6 Å². The molecule has 1 heterocycles. The number of carbonyl (C=O) groups is 1. The van der Waals surface area contributed by atoms with Crippen LogP contribution in [0.4, 0.5) is 0 Å². The first-order chi connectivity index (χ1) is 17.0. The Hall–Kier alpha value is -3.74. The molecule has 1 aliphatic rings. The van der Waals surface area contributed by atoms with Gasteiger partial charge in [0, 0.05) is 18.9 Å². The third-order valence-electron chi connectivity index (χ3n) is 6.55. The summed E-state index contributed by atoms with van der Waals surface area (Å²) in [4.78, 5) is 11.8. The third kappa shape index (κ3) is 6.23. The highest BCUT2D eigenvalue weighted by Gasteiger charge is 2.18. The Balaban J connectivity index is 1.56. The normalized spacial score (nSPS) is 14.6. The number of hydrogen-bond donors (Lipinski definition) is 3. The van der Waals surface area contributed by atoms with Gasteiger partial charge in [0.05, 0.1) is 24.2 Å². The van der Waals surface area contributed by atoms with Crippen molar-refractivity contribution in [1.29, 1.82) is 0 Å². The first kappa shape index (κ1) is 24.4. The number of nitrogens with two attached hydrogens (primary N) is 1. The van der Waals surface area contributed by atoms with Gasteiger partial charge in [0.2, 0.25) is 0 Å². The molecule has 2 aromatic carbocycles. The molecule has 1 aromatic heterocycles. The van der Waals surface area contributed by atoms with Gasteiger partial charge in [0.25, 0.3) is 0 Å². The Morgan fingerprint density at radius 3 is 2.66 bits per heavy atom. The highest BCUT2D eigenvalue weighted by molar-refractivity contribution is 5.88. The van der Waals surface area contributed by atoms with E-state index in [0.717, 1.165) is 29.2 Å². The summed E-state index contributed by atoms with van der Waals surface area (Å²) in [6, 6.07) is 16.1. The zero-order valence-electron chi connectivity index (χ0n) is 20.2. The van der Waals surface area contributed by atoms with Gasteiger partial charge >= 0.3 is 5.97 Å². The van der Waals surface area contributed by atoms with Crippen LogP contribution in [-0.4, -0.2) is 34.5 Å². The van der Waals surface area contributed by atoms with Crippen molar-refractivity contribution >= 4 is 5.97 Å². The van der Waals surface area contributed by atoms with Gasteiger partial charge in [-0.3, -0.25) is 0 Å². The molecule has 1 fully saturated rings. The molecule has 1 saturated carbocycles. The number of ether oxygens (including phenoxy) is 1. The maximum Gasteiger partial charge on any atom is 0.339 e. The Morgan fingerprint density at radius 1 is 1.17 bits per heavy atom. The Labute approximate surface area is 206 Å². The fourth-order valence-electron chi connectivity index (χ4n) is 4.69. The minimum Gasteiger partial charge on any atom is -0.493 e. The van der Waals surface area contributed by atoms with Crippen LogP contribution in [0.25, 0.3) is 16.8 Å². The van der Waals surface area contributed by atoms with Gasteiger partial charge in [-0.05, 0) is 67.0 Å². The van der Waals surface area contributed by atoms with Crippen LogP contribution in [0.15, 0.2) is 66.6 Å². The van der Waals surface area contributed by atoms with Crippen molar-refractivity contribution in [2.45, 2.75) is 44.9 Å². The second-order valence-corrected chi connectivity index (χ2v) is 9.12. The van der Waals surface area contributed by atoms with Crippen LogP contribution in [0.3, 0.4) is 0 Å². The van der Waals surface area contributed by atoms with Gasteiger partial charge in [0.1, 0.15) is 11.3 Å². The molecule has 0 aliphatic heterocycles. The molecule has 0 atom stereocenters. The summed E-state index contributed by atoms with van der Waals surface area (Å²) in [5.74, 6) is 0.522. The second kappa shape index (κ2) is 11.6. The minimum atomic E-state index is -0.999. The summed E-state index contributed by atoms with van der Waals surface area (Å²) < 4.78 is 7.84. The van der Waals surface area contributed by atoms with Crippen molar-refractivity contribution in [2.75, 3.05) is 13.7 Å². The Morgan fingerprint density at radius 2 is 1.91 bits per heavy atom. The summed E-state index contributed by atoms with van der Waals surface area (Å²) in [7, 11) is 1.78. The van der Waals surface area contributed by atoms with E-state index >= 15 is 0 Å². The van der Waals surface area contributed by atoms with Crippen molar-refractivity contribution in [2.24, 2.45) is 11.7 Å². The van der Waals surface area contributed by atoms with E-state index in [2.05, 4.69) is 22.5 Å². The molecule has 0 bridgehead atoms. The molecule has 4 N–H and O–H groups in total.